The number of halogens is 1. The van der Waals surface area contributed by atoms with Gasteiger partial charge < -0.3 is 24.6 Å². The van der Waals surface area contributed by atoms with E-state index in [2.05, 4.69) is 15.9 Å². The molecule has 1 aromatic carbocycles. The van der Waals surface area contributed by atoms with E-state index in [-0.39, 0.29) is 39.3 Å². The molecule has 8 heteroatoms. The second-order valence-electron chi connectivity index (χ2n) is 4.86. The third-order valence-corrected chi connectivity index (χ3v) is 3.55. The van der Waals surface area contributed by atoms with Crippen LogP contribution in [0.5, 0.6) is 0 Å². The van der Waals surface area contributed by atoms with Gasteiger partial charge in [-0.3, -0.25) is 9.59 Å². The second kappa shape index (κ2) is 11.8. The minimum absolute atomic E-state index is 0.0246. The number of carbonyl (C=O) groups is 2. The lowest BCUT2D eigenvalue weighted by molar-refractivity contribution is -0.144. The maximum absolute atomic E-state index is 11.6. The molecule has 0 heterocycles. The first kappa shape index (κ1) is 20.4. The van der Waals surface area contributed by atoms with Crippen LogP contribution in [-0.4, -0.2) is 61.7 Å². The van der Waals surface area contributed by atoms with E-state index in [0.29, 0.717) is 13.1 Å². The zero-order valence-corrected chi connectivity index (χ0v) is 14.9. The SMILES string of the molecule is O=C(CCN(CCC(=O)OCCO)c1cccc(Br)c1)OCCO. The van der Waals surface area contributed by atoms with Gasteiger partial charge in [0.2, 0.25) is 0 Å². The fraction of sp³-hybridized carbons (Fsp3) is 0.500. The lowest BCUT2D eigenvalue weighted by Gasteiger charge is -2.24. The van der Waals surface area contributed by atoms with Crippen molar-refractivity contribution in [3.63, 3.8) is 0 Å². The molecule has 0 radical (unpaired) electrons. The number of anilines is 1. The molecule has 0 spiro atoms. The van der Waals surface area contributed by atoms with Gasteiger partial charge in [-0.25, -0.2) is 0 Å². The van der Waals surface area contributed by atoms with Crippen molar-refractivity contribution < 1.29 is 29.3 Å². The highest BCUT2D eigenvalue weighted by molar-refractivity contribution is 9.10. The first-order valence-corrected chi connectivity index (χ1v) is 8.39. The molecule has 0 atom stereocenters. The number of rotatable bonds is 11. The molecule has 0 aliphatic carbocycles. The van der Waals surface area contributed by atoms with Gasteiger partial charge in [-0.15, -0.1) is 0 Å². The molecule has 0 saturated heterocycles. The van der Waals surface area contributed by atoms with Crippen molar-refractivity contribution in [1.29, 1.82) is 0 Å². The van der Waals surface area contributed by atoms with Gasteiger partial charge in [-0.2, -0.15) is 0 Å². The van der Waals surface area contributed by atoms with Crippen molar-refractivity contribution in [2.24, 2.45) is 0 Å². The molecule has 0 unspecified atom stereocenters. The summed E-state index contributed by atoms with van der Waals surface area (Å²) in [7, 11) is 0. The average molecular weight is 404 g/mol. The third-order valence-electron chi connectivity index (χ3n) is 3.05. The van der Waals surface area contributed by atoms with Crippen LogP contribution in [0.1, 0.15) is 12.8 Å². The van der Waals surface area contributed by atoms with Crippen molar-refractivity contribution in [1.82, 2.24) is 0 Å². The topological polar surface area (TPSA) is 96.3 Å². The number of esters is 2. The van der Waals surface area contributed by atoms with Gasteiger partial charge in [-0.05, 0) is 18.2 Å². The summed E-state index contributed by atoms with van der Waals surface area (Å²) in [5.74, 6) is -0.821. The van der Waals surface area contributed by atoms with Crippen LogP contribution in [0.3, 0.4) is 0 Å². The summed E-state index contributed by atoms with van der Waals surface area (Å²) in [4.78, 5) is 25.1. The summed E-state index contributed by atoms with van der Waals surface area (Å²) >= 11 is 3.39. The second-order valence-corrected chi connectivity index (χ2v) is 5.77. The minimum atomic E-state index is -0.410. The summed E-state index contributed by atoms with van der Waals surface area (Å²) < 4.78 is 10.6. The Morgan fingerprint density at radius 2 is 1.54 bits per heavy atom. The molecule has 24 heavy (non-hydrogen) atoms. The fourth-order valence-electron chi connectivity index (χ4n) is 1.96. The quantitative estimate of drug-likeness (QED) is 0.534. The number of hydrogen-bond donors (Lipinski definition) is 2. The van der Waals surface area contributed by atoms with Crippen LogP contribution >= 0.6 is 15.9 Å². The maximum Gasteiger partial charge on any atom is 0.307 e. The maximum atomic E-state index is 11.6. The Balaban J connectivity index is 2.62. The van der Waals surface area contributed by atoms with Gasteiger partial charge >= 0.3 is 11.9 Å². The van der Waals surface area contributed by atoms with Crippen LogP contribution in [0, 0.1) is 0 Å². The largest absolute Gasteiger partial charge is 0.463 e. The summed E-state index contributed by atoms with van der Waals surface area (Å²) in [6, 6.07) is 7.51. The molecule has 0 saturated carbocycles. The molecule has 0 amide bonds. The van der Waals surface area contributed by atoms with E-state index in [1.165, 1.54) is 0 Å². The summed E-state index contributed by atoms with van der Waals surface area (Å²) in [5.41, 5.74) is 0.856. The Hall–Kier alpha value is -1.64. The Morgan fingerprint density at radius 1 is 1.00 bits per heavy atom. The molecule has 0 aromatic heterocycles. The molecular formula is C16H22BrNO6. The summed E-state index contributed by atoms with van der Waals surface area (Å²) in [6.07, 6.45) is 0.274. The average Bonchev–Trinajstić information content (AvgIpc) is 2.58. The van der Waals surface area contributed by atoms with Crippen LogP contribution in [0.4, 0.5) is 5.69 Å². The Bertz CT molecular complexity index is 501. The van der Waals surface area contributed by atoms with Crippen molar-refractivity contribution in [2.75, 3.05) is 44.4 Å². The Labute approximate surface area is 149 Å². The van der Waals surface area contributed by atoms with E-state index in [9.17, 15) is 9.59 Å². The first-order valence-electron chi connectivity index (χ1n) is 7.60. The Kier molecular flexibility index (Phi) is 10.1. The van der Waals surface area contributed by atoms with E-state index in [4.69, 9.17) is 19.7 Å². The highest BCUT2D eigenvalue weighted by Gasteiger charge is 2.13. The normalized spacial score (nSPS) is 10.3. The number of benzene rings is 1. The molecule has 134 valence electrons. The minimum Gasteiger partial charge on any atom is -0.463 e. The fourth-order valence-corrected chi connectivity index (χ4v) is 2.35. The van der Waals surface area contributed by atoms with Gasteiger partial charge in [-0.1, -0.05) is 22.0 Å². The van der Waals surface area contributed by atoms with Gasteiger partial charge in [0, 0.05) is 23.2 Å². The Morgan fingerprint density at radius 3 is 2.00 bits per heavy atom. The number of aliphatic hydroxyl groups excluding tert-OH is 2. The van der Waals surface area contributed by atoms with Crippen molar-refractivity contribution in [3.05, 3.63) is 28.7 Å². The highest BCUT2D eigenvalue weighted by Crippen LogP contribution is 2.20. The standard InChI is InChI=1S/C16H22BrNO6/c17-13-2-1-3-14(12-13)18(6-4-15(21)23-10-8-19)7-5-16(22)24-11-9-20/h1-3,12,19-20H,4-11H2. The lowest BCUT2D eigenvalue weighted by atomic mass is 10.2. The predicted octanol–water partition coefficient (Wildman–Crippen LogP) is 1.11. The molecule has 0 aliphatic rings. The third kappa shape index (κ3) is 8.28. The zero-order valence-electron chi connectivity index (χ0n) is 13.3. The van der Waals surface area contributed by atoms with Gasteiger partial charge in [0.05, 0.1) is 26.1 Å². The smallest absolute Gasteiger partial charge is 0.307 e. The van der Waals surface area contributed by atoms with E-state index >= 15 is 0 Å². The van der Waals surface area contributed by atoms with E-state index < -0.39 is 11.9 Å². The van der Waals surface area contributed by atoms with E-state index in [1.807, 2.05) is 29.2 Å². The number of hydrogen-bond acceptors (Lipinski definition) is 7. The number of nitrogens with zero attached hydrogens (tertiary/aromatic N) is 1. The highest BCUT2D eigenvalue weighted by atomic mass is 79.9. The van der Waals surface area contributed by atoms with Crippen molar-refractivity contribution in [3.8, 4) is 0 Å². The summed E-state index contributed by atoms with van der Waals surface area (Å²) in [6.45, 7) is 0.268. The molecule has 1 aromatic rings. The van der Waals surface area contributed by atoms with Gasteiger partial charge in [0.25, 0.3) is 0 Å². The number of ether oxygens (including phenoxy) is 2. The molecule has 0 aliphatic heterocycles. The molecule has 1 rings (SSSR count). The van der Waals surface area contributed by atoms with Crippen LogP contribution in [0.15, 0.2) is 28.7 Å². The number of aliphatic hydroxyl groups is 2. The molecule has 0 bridgehead atoms. The van der Waals surface area contributed by atoms with Crippen molar-refractivity contribution in [2.45, 2.75) is 12.8 Å². The van der Waals surface area contributed by atoms with Crippen LogP contribution in [0.2, 0.25) is 0 Å². The molecule has 0 fully saturated rings. The number of carbonyl (C=O) groups excluding carboxylic acids is 2. The van der Waals surface area contributed by atoms with E-state index in [0.717, 1.165) is 10.2 Å². The molecule has 2 N–H and O–H groups in total. The molecule has 7 nitrogen and oxygen atoms in total. The van der Waals surface area contributed by atoms with Gasteiger partial charge in [0.1, 0.15) is 13.2 Å². The zero-order chi connectivity index (χ0) is 17.8. The lowest BCUT2D eigenvalue weighted by Crippen LogP contribution is -2.29. The van der Waals surface area contributed by atoms with Crippen molar-refractivity contribution >= 4 is 33.6 Å². The summed E-state index contributed by atoms with van der Waals surface area (Å²) in [5, 5.41) is 17.3. The molecular weight excluding hydrogens is 382 g/mol. The van der Waals surface area contributed by atoms with Gasteiger partial charge in [0.15, 0.2) is 0 Å². The predicted molar refractivity (Wildman–Crippen MR) is 91.7 cm³/mol. The van der Waals surface area contributed by atoms with Crippen LogP contribution in [0.25, 0.3) is 0 Å². The first-order chi connectivity index (χ1) is 11.6. The van der Waals surface area contributed by atoms with Crippen LogP contribution in [-0.2, 0) is 19.1 Å². The van der Waals surface area contributed by atoms with E-state index in [1.54, 1.807) is 0 Å². The monoisotopic (exact) mass is 403 g/mol. The van der Waals surface area contributed by atoms with Crippen LogP contribution < -0.4 is 4.90 Å².